The van der Waals surface area contributed by atoms with Gasteiger partial charge in [-0.05, 0) is 19.3 Å². The predicted octanol–water partition coefficient (Wildman–Crippen LogP) is 1.24. The van der Waals surface area contributed by atoms with Crippen LogP contribution in [-0.4, -0.2) is 11.1 Å². The topological polar surface area (TPSA) is 49.3 Å². The Hall–Kier alpha value is -0.830. The van der Waals surface area contributed by atoms with E-state index < -0.39 is 0 Å². The second kappa shape index (κ2) is 6.29. The molecule has 0 saturated carbocycles. The fraction of sp³-hybridized carbons (Fsp3) is 0.571. The summed E-state index contributed by atoms with van der Waals surface area (Å²) in [5, 5.41) is 8.07. The number of hydrogen-bond donors (Lipinski definition) is 2. The molecule has 0 fully saturated rings. The van der Waals surface area contributed by atoms with Crippen molar-refractivity contribution in [1.29, 1.82) is 0 Å². The van der Waals surface area contributed by atoms with Crippen LogP contribution in [0.5, 0.6) is 0 Å². The van der Waals surface area contributed by atoms with Crippen molar-refractivity contribution in [3.8, 4) is 0 Å². The van der Waals surface area contributed by atoms with E-state index in [1.54, 1.807) is 5.48 Å². The molecule has 10 heavy (non-hydrogen) atoms. The average Bonchev–Trinajstić information content (AvgIpc) is 1.98. The normalized spacial score (nSPS) is 8.90. The molecule has 0 unspecified atom stereocenters. The first-order chi connectivity index (χ1) is 4.81. The van der Waals surface area contributed by atoms with Crippen LogP contribution in [0.15, 0.2) is 12.7 Å². The summed E-state index contributed by atoms with van der Waals surface area (Å²) in [5.74, 6) is -0.316. The monoisotopic (exact) mass is 143 g/mol. The maximum atomic E-state index is 10.4. The summed E-state index contributed by atoms with van der Waals surface area (Å²) in [6, 6.07) is 0. The van der Waals surface area contributed by atoms with Gasteiger partial charge in [-0.2, -0.15) is 0 Å². The summed E-state index contributed by atoms with van der Waals surface area (Å²) in [5.41, 5.74) is 1.58. The van der Waals surface area contributed by atoms with Gasteiger partial charge in [0.2, 0.25) is 5.91 Å². The lowest BCUT2D eigenvalue weighted by molar-refractivity contribution is -0.129. The van der Waals surface area contributed by atoms with E-state index in [1.807, 2.05) is 6.08 Å². The third kappa shape index (κ3) is 5.31. The van der Waals surface area contributed by atoms with E-state index in [4.69, 9.17) is 5.21 Å². The van der Waals surface area contributed by atoms with E-state index in [-0.39, 0.29) is 5.91 Å². The van der Waals surface area contributed by atoms with Gasteiger partial charge < -0.3 is 0 Å². The molecule has 0 aromatic rings. The lowest BCUT2D eigenvalue weighted by atomic mass is 10.2. The highest BCUT2D eigenvalue weighted by Crippen LogP contribution is 1.98. The molecule has 0 radical (unpaired) electrons. The minimum atomic E-state index is -0.316. The second-order valence-corrected chi connectivity index (χ2v) is 2.07. The molecule has 0 spiro atoms. The molecule has 0 bridgehead atoms. The molecular weight excluding hydrogens is 130 g/mol. The predicted molar refractivity (Wildman–Crippen MR) is 38.6 cm³/mol. The number of nitrogens with one attached hydrogen (secondary N) is 1. The van der Waals surface area contributed by atoms with Crippen molar-refractivity contribution < 1.29 is 10.0 Å². The Bertz CT molecular complexity index is 112. The molecule has 0 heterocycles. The zero-order valence-electron chi connectivity index (χ0n) is 5.97. The van der Waals surface area contributed by atoms with Crippen LogP contribution >= 0.6 is 0 Å². The molecule has 1 amide bonds. The van der Waals surface area contributed by atoms with Crippen molar-refractivity contribution in [3.05, 3.63) is 12.7 Å². The molecule has 0 rings (SSSR count). The minimum Gasteiger partial charge on any atom is -0.289 e. The fourth-order valence-corrected chi connectivity index (χ4v) is 0.630. The zero-order valence-corrected chi connectivity index (χ0v) is 5.97. The third-order valence-corrected chi connectivity index (χ3v) is 1.19. The van der Waals surface area contributed by atoms with E-state index >= 15 is 0 Å². The Morgan fingerprint density at radius 2 is 2.30 bits per heavy atom. The van der Waals surface area contributed by atoms with Gasteiger partial charge in [-0.25, -0.2) is 5.48 Å². The van der Waals surface area contributed by atoms with E-state index in [2.05, 4.69) is 6.58 Å². The van der Waals surface area contributed by atoms with Crippen molar-refractivity contribution in [2.45, 2.75) is 25.7 Å². The highest BCUT2D eigenvalue weighted by atomic mass is 16.5. The van der Waals surface area contributed by atoms with Crippen LogP contribution in [0.3, 0.4) is 0 Å². The number of allylic oxidation sites excluding steroid dienone is 1. The Morgan fingerprint density at radius 3 is 2.80 bits per heavy atom. The van der Waals surface area contributed by atoms with Crippen molar-refractivity contribution in [2.24, 2.45) is 0 Å². The van der Waals surface area contributed by atoms with Gasteiger partial charge in [-0.15, -0.1) is 6.58 Å². The molecule has 3 nitrogen and oxygen atoms in total. The summed E-state index contributed by atoms with van der Waals surface area (Å²) >= 11 is 0. The van der Waals surface area contributed by atoms with Crippen molar-refractivity contribution in [2.75, 3.05) is 0 Å². The first-order valence-electron chi connectivity index (χ1n) is 3.35. The molecular formula is C7H13NO2. The number of carbonyl (C=O) groups excluding carboxylic acids is 1. The van der Waals surface area contributed by atoms with Gasteiger partial charge in [0, 0.05) is 6.42 Å². The average molecular weight is 143 g/mol. The summed E-state index contributed by atoms with van der Waals surface area (Å²) in [6.07, 6.45) is 4.90. The Balaban J connectivity index is 3.03. The largest absolute Gasteiger partial charge is 0.289 e. The van der Waals surface area contributed by atoms with Crippen LogP contribution < -0.4 is 5.48 Å². The van der Waals surface area contributed by atoms with Gasteiger partial charge in [-0.1, -0.05) is 6.08 Å². The first-order valence-corrected chi connectivity index (χ1v) is 3.35. The van der Waals surface area contributed by atoms with Crippen LogP contribution in [-0.2, 0) is 4.79 Å². The summed E-state index contributed by atoms with van der Waals surface area (Å²) in [4.78, 5) is 10.4. The molecule has 0 aliphatic carbocycles. The summed E-state index contributed by atoms with van der Waals surface area (Å²) in [6.45, 7) is 3.55. The quantitative estimate of drug-likeness (QED) is 0.263. The number of hydrogen-bond acceptors (Lipinski definition) is 2. The fourth-order valence-electron chi connectivity index (χ4n) is 0.630. The number of carbonyl (C=O) groups is 1. The van der Waals surface area contributed by atoms with E-state index in [0.29, 0.717) is 6.42 Å². The Kier molecular flexibility index (Phi) is 5.77. The van der Waals surface area contributed by atoms with Crippen LogP contribution in [0.4, 0.5) is 0 Å². The number of hydroxylamine groups is 1. The van der Waals surface area contributed by atoms with Crippen molar-refractivity contribution in [3.63, 3.8) is 0 Å². The Labute approximate surface area is 60.7 Å². The second-order valence-electron chi connectivity index (χ2n) is 2.07. The van der Waals surface area contributed by atoms with E-state index in [9.17, 15) is 4.79 Å². The molecule has 58 valence electrons. The van der Waals surface area contributed by atoms with Crippen LogP contribution in [0, 0.1) is 0 Å². The highest BCUT2D eigenvalue weighted by molar-refractivity contribution is 5.74. The van der Waals surface area contributed by atoms with Gasteiger partial charge >= 0.3 is 0 Å². The zero-order chi connectivity index (χ0) is 7.82. The molecule has 0 aromatic carbocycles. The molecule has 0 atom stereocenters. The third-order valence-electron chi connectivity index (χ3n) is 1.19. The summed E-state index contributed by atoms with van der Waals surface area (Å²) < 4.78 is 0. The van der Waals surface area contributed by atoms with Gasteiger partial charge in [0.15, 0.2) is 0 Å². The summed E-state index contributed by atoms with van der Waals surface area (Å²) in [7, 11) is 0. The lowest BCUT2D eigenvalue weighted by Crippen LogP contribution is -2.17. The van der Waals surface area contributed by atoms with Gasteiger partial charge in [0.05, 0.1) is 0 Å². The molecule has 0 aromatic heterocycles. The number of rotatable bonds is 5. The standard InChI is InChI=1S/C7H13NO2/c1-2-3-4-5-6-7(9)8-10/h2,10H,1,3-6H2,(H,8,9). The van der Waals surface area contributed by atoms with Gasteiger partial charge in [0.1, 0.15) is 0 Å². The maximum absolute atomic E-state index is 10.4. The highest BCUT2D eigenvalue weighted by Gasteiger charge is 1.95. The Morgan fingerprint density at radius 1 is 1.60 bits per heavy atom. The van der Waals surface area contributed by atoms with Crippen LogP contribution in [0.25, 0.3) is 0 Å². The molecule has 2 N–H and O–H groups in total. The van der Waals surface area contributed by atoms with E-state index in [0.717, 1.165) is 19.3 Å². The minimum absolute atomic E-state index is 0.316. The SMILES string of the molecule is C=CCCCCC(=O)NO. The smallest absolute Gasteiger partial charge is 0.243 e. The van der Waals surface area contributed by atoms with Crippen LogP contribution in [0.2, 0.25) is 0 Å². The molecule has 3 heteroatoms. The van der Waals surface area contributed by atoms with Gasteiger partial charge in [0.25, 0.3) is 0 Å². The molecule has 0 aliphatic rings. The number of amides is 1. The first kappa shape index (κ1) is 9.17. The van der Waals surface area contributed by atoms with Crippen LogP contribution in [0.1, 0.15) is 25.7 Å². The maximum Gasteiger partial charge on any atom is 0.243 e. The van der Waals surface area contributed by atoms with Crippen molar-refractivity contribution in [1.82, 2.24) is 5.48 Å². The molecule has 0 saturated heterocycles. The molecule has 0 aliphatic heterocycles. The van der Waals surface area contributed by atoms with Crippen molar-refractivity contribution >= 4 is 5.91 Å². The van der Waals surface area contributed by atoms with Gasteiger partial charge in [-0.3, -0.25) is 10.0 Å². The number of unbranched alkanes of at least 4 members (excludes halogenated alkanes) is 2. The lowest BCUT2D eigenvalue weighted by Gasteiger charge is -1.95. The van der Waals surface area contributed by atoms with E-state index in [1.165, 1.54) is 0 Å².